The minimum absolute atomic E-state index is 0.204. The number of aromatic nitrogens is 1. The lowest BCUT2D eigenvalue weighted by molar-refractivity contribution is -0.887. The quantitative estimate of drug-likeness (QED) is 0.00802. The van der Waals surface area contributed by atoms with Crippen LogP contribution in [0, 0.1) is 0 Å². The van der Waals surface area contributed by atoms with E-state index >= 15 is 0 Å². The van der Waals surface area contributed by atoms with Crippen LogP contribution in [0.15, 0.2) is 140 Å². The SMILES string of the molecule is CC[n+]1ccccc1/C=C/c1ccc(N(C)CCSSCCNC)cc1.CN1C(=O)c2cccc3c(NCCC[N+](C)(C)CCSSCC[N+](C)(C)CCCNc4ccc5c6c(cccc46)C(=O)N(C)C5=O)ccc(c23)C1=O.C[N+](C)(C)CCCNc1ccc2c3c(cccc13)C(=O)N(CCSSCCN)C2=O. The van der Waals surface area contributed by atoms with Crippen molar-refractivity contribution in [3.63, 3.8) is 0 Å². The van der Waals surface area contributed by atoms with Crippen molar-refractivity contribution >= 4 is 167 Å². The summed E-state index contributed by atoms with van der Waals surface area (Å²) in [7, 11) is 34.1. The Labute approximate surface area is 663 Å². The summed E-state index contributed by atoms with van der Waals surface area (Å²) in [4.78, 5) is 83.0. The zero-order chi connectivity index (χ0) is 77.5. The summed E-state index contributed by atoms with van der Waals surface area (Å²) < 4.78 is 5.07. The standard InChI is InChI=1S/C40H48N6O4S2.C22H30N4O2S2.C21H30N3S2/c1-43-37(47)29-13-7-11-27-33(17-15-31(35(27)29)39(43)49)41-19-9-21-45(3,4)23-25-51-52-26-24-46(5,6)22-10-20-42-34-18-16-32-36-28(34)12-8-14-30(36)38(48)44(2)40(32)50;1-26(2,3)13-5-11-24-19-9-8-18-20-16(19)6-4-7-17(20)21(27)25(22(18)28)12-15-30-29-14-10-23;1-4-24-15-6-5-7-21(24)13-10-19-8-11-20(12-9-19)23(3)16-18-26-25-17-14-22-2/h7-8,11-18H,9-10,19-26H2,1-6H3;4,6-9H,5,10-15,23H2,1-3H3;5-13,15,22H,4,14,16-18H2,1-3H3/q;;+1/p+3. The number of quaternary nitrogens is 3. The van der Waals surface area contributed by atoms with Gasteiger partial charge in [-0.25, -0.2) is 0 Å². The van der Waals surface area contributed by atoms with E-state index in [2.05, 4.69) is 155 Å². The second kappa shape index (κ2) is 40.6. The third-order valence-electron chi connectivity index (χ3n) is 19.5. The molecule has 1 aromatic heterocycles. The molecule has 0 bridgehead atoms. The Kier molecular flexibility index (Phi) is 31.9. The number of hydrogen-bond acceptors (Lipinski definition) is 18. The Morgan fingerprint density at radius 2 is 0.880 bits per heavy atom. The molecule has 4 heterocycles. The van der Waals surface area contributed by atoms with Crippen LogP contribution in [0.4, 0.5) is 22.7 Å². The van der Waals surface area contributed by atoms with Gasteiger partial charge in [0.05, 0.1) is 93.6 Å². The molecule has 108 heavy (non-hydrogen) atoms. The Hall–Kier alpha value is -7.27. The molecule has 3 aliphatic rings. The van der Waals surface area contributed by atoms with Crippen LogP contribution < -0.4 is 36.5 Å². The largest absolute Gasteiger partial charge is 0.384 e. The minimum atomic E-state index is -0.251. The summed E-state index contributed by atoms with van der Waals surface area (Å²) in [5, 5.41) is 18.8. The zero-order valence-corrected chi connectivity index (χ0v) is 69.9. The van der Waals surface area contributed by atoms with Gasteiger partial charge >= 0.3 is 0 Å². The molecule has 0 aliphatic carbocycles. The van der Waals surface area contributed by atoms with Crippen molar-refractivity contribution < 1.29 is 46.8 Å². The van der Waals surface area contributed by atoms with E-state index in [1.54, 1.807) is 33.7 Å². The molecule has 0 radical (unpaired) electrons. The number of aryl methyl sites for hydroxylation is 1. The molecule has 11 rings (SSSR count). The summed E-state index contributed by atoms with van der Waals surface area (Å²) in [5.74, 6) is 4.62. The van der Waals surface area contributed by atoms with E-state index in [0.29, 0.717) is 52.2 Å². The molecule has 0 spiro atoms. The van der Waals surface area contributed by atoms with Crippen molar-refractivity contribution in [2.24, 2.45) is 5.73 Å². The van der Waals surface area contributed by atoms with E-state index in [4.69, 9.17) is 5.73 Å². The molecule has 6 amide bonds. The molecule has 0 saturated carbocycles. The van der Waals surface area contributed by atoms with E-state index in [1.165, 1.54) is 45.7 Å². The van der Waals surface area contributed by atoms with Gasteiger partial charge in [0.25, 0.3) is 35.4 Å². The number of nitrogens with zero attached hydrogens (tertiary/aromatic N) is 8. The molecule has 8 aromatic rings. The van der Waals surface area contributed by atoms with E-state index in [9.17, 15) is 28.8 Å². The lowest BCUT2D eigenvalue weighted by Gasteiger charge is -2.30. The number of pyridine rings is 1. The molecule has 19 nitrogen and oxygen atoms in total. The van der Waals surface area contributed by atoms with Crippen molar-refractivity contribution in [1.29, 1.82) is 0 Å². The number of anilines is 4. The zero-order valence-electron chi connectivity index (χ0n) is 65.0. The van der Waals surface area contributed by atoms with Crippen LogP contribution in [0.3, 0.4) is 0 Å². The molecular formula is C83H111N13O6S6+4. The van der Waals surface area contributed by atoms with Crippen molar-refractivity contribution in [1.82, 2.24) is 20.0 Å². The summed E-state index contributed by atoms with van der Waals surface area (Å²) >= 11 is 0. The van der Waals surface area contributed by atoms with E-state index in [-0.39, 0.29) is 35.4 Å². The predicted octanol–water partition coefficient (Wildman–Crippen LogP) is 13.8. The summed E-state index contributed by atoms with van der Waals surface area (Å²) in [5.41, 5.74) is 15.7. The molecule has 0 fully saturated rings. The molecular weight excluding hydrogens is 1470 g/mol. The van der Waals surface area contributed by atoms with Gasteiger partial charge in [0, 0.05) is 216 Å². The number of rotatable bonds is 39. The number of hydrogen-bond donors (Lipinski definition) is 5. The second-order valence-corrected chi connectivity index (χ2v) is 37.6. The first-order valence-corrected chi connectivity index (χ1v) is 44.7. The van der Waals surface area contributed by atoms with Crippen LogP contribution >= 0.6 is 64.8 Å². The number of imide groups is 3. The van der Waals surface area contributed by atoms with Gasteiger partial charge in [0.15, 0.2) is 6.20 Å². The molecule has 0 unspecified atom stereocenters. The van der Waals surface area contributed by atoms with Gasteiger partial charge in [-0.1, -0.05) is 113 Å². The Morgan fingerprint density at radius 1 is 0.454 bits per heavy atom. The van der Waals surface area contributed by atoms with E-state index in [0.717, 1.165) is 183 Å². The summed E-state index contributed by atoms with van der Waals surface area (Å²) in [6.45, 7) is 14.1. The van der Waals surface area contributed by atoms with Crippen LogP contribution in [-0.4, -0.2) is 254 Å². The number of amides is 6. The van der Waals surface area contributed by atoms with Crippen molar-refractivity contribution in [2.45, 2.75) is 32.7 Å². The fourth-order valence-electron chi connectivity index (χ4n) is 13.2. The van der Waals surface area contributed by atoms with Gasteiger partial charge in [-0.15, -0.1) is 0 Å². The highest BCUT2D eigenvalue weighted by Gasteiger charge is 2.35. The predicted molar refractivity (Wildman–Crippen MR) is 465 cm³/mol. The lowest BCUT2D eigenvalue weighted by atomic mass is 9.93. The number of carbonyl (C=O) groups excluding carboxylic acids is 6. The third kappa shape index (κ3) is 22.7. The van der Waals surface area contributed by atoms with Crippen molar-refractivity contribution in [2.75, 3.05) is 211 Å². The van der Waals surface area contributed by atoms with Crippen molar-refractivity contribution in [3.8, 4) is 0 Å². The molecule has 576 valence electrons. The molecule has 25 heteroatoms. The summed E-state index contributed by atoms with van der Waals surface area (Å²) in [6, 6.07) is 43.5. The van der Waals surface area contributed by atoms with Crippen LogP contribution in [0.25, 0.3) is 44.5 Å². The average Bonchev–Trinajstić information content (AvgIpc) is 0.756. The minimum Gasteiger partial charge on any atom is -0.384 e. The summed E-state index contributed by atoms with van der Waals surface area (Å²) in [6.07, 6.45) is 9.54. The first-order chi connectivity index (χ1) is 51.9. The third-order valence-corrected chi connectivity index (χ3v) is 26.7. The molecule has 3 aliphatic heterocycles. The maximum atomic E-state index is 13.1. The molecule has 7 aromatic carbocycles. The van der Waals surface area contributed by atoms with E-state index < -0.39 is 0 Å². The van der Waals surface area contributed by atoms with Gasteiger partial charge in [0.1, 0.15) is 6.54 Å². The fraction of sp³-hybridized carbons (Fsp3) is 0.410. The van der Waals surface area contributed by atoms with Crippen LogP contribution in [0.5, 0.6) is 0 Å². The normalized spacial score (nSPS) is 13.6. The number of carbonyl (C=O) groups is 6. The molecule has 0 atom stereocenters. The highest BCUT2D eigenvalue weighted by Crippen LogP contribution is 2.38. The number of nitrogens with two attached hydrogens (primary N) is 1. The van der Waals surface area contributed by atoms with Gasteiger partial charge < -0.3 is 45.3 Å². The highest BCUT2D eigenvalue weighted by molar-refractivity contribution is 8.77. The van der Waals surface area contributed by atoms with Crippen LogP contribution in [-0.2, 0) is 6.54 Å². The first-order valence-electron chi connectivity index (χ1n) is 37.3. The lowest BCUT2D eigenvalue weighted by Crippen LogP contribution is -2.43. The van der Waals surface area contributed by atoms with Gasteiger partial charge in [0.2, 0.25) is 5.69 Å². The van der Waals surface area contributed by atoms with E-state index in [1.807, 2.05) is 129 Å². The smallest absolute Gasteiger partial charge is 0.261 e. The van der Waals surface area contributed by atoms with Gasteiger partial charge in [-0.3, -0.25) is 43.5 Å². The Morgan fingerprint density at radius 3 is 1.34 bits per heavy atom. The number of benzene rings is 7. The highest BCUT2D eigenvalue weighted by atomic mass is 33.1. The maximum absolute atomic E-state index is 13.1. The molecule has 6 N–H and O–H groups in total. The maximum Gasteiger partial charge on any atom is 0.261 e. The first kappa shape index (κ1) is 84.7. The van der Waals surface area contributed by atoms with Gasteiger partial charge in [-0.05, 0) is 98.4 Å². The number of nitrogens with one attached hydrogen (secondary N) is 4. The van der Waals surface area contributed by atoms with Crippen LogP contribution in [0.1, 0.15) is 99.6 Å². The van der Waals surface area contributed by atoms with Crippen molar-refractivity contribution in [3.05, 3.63) is 184 Å². The fourth-order valence-corrected chi connectivity index (χ4v) is 19.6. The van der Waals surface area contributed by atoms with Gasteiger partial charge in [-0.2, -0.15) is 4.57 Å². The molecule has 0 saturated heterocycles. The topological polar surface area (TPSA) is 193 Å². The second-order valence-electron chi connectivity index (χ2n) is 29.5. The Bertz CT molecular complexity index is 4270. The monoisotopic (exact) mass is 1580 g/mol. The Balaban J connectivity index is 0.000000204. The average molecular weight is 1580 g/mol. The van der Waals surface area contributed by atoms with Crippen LogP contribution in [0.2, 0.25) is 0 Å².